The Labute approximate surface area is 133 Å². The van der Waals surface area contributed by atoms with Gasteiger partial charge in [-0.05, 0) is 24.3 Å². The summed E-state index contributed by atoms with van der Waals surface area (Å²) in [5.74, 6) is 0.925. The van der Waals surface area contributed by atoms with Crippen molar-refractivity contribution in [3.63, 3.8) is 0 Å². The number of carbonyl (C=O) groups excluding carboxylic acids is 1. The number of nitrogens with one attached hydrogen (secondary N) is 2. The second kappa shape index (κ2) is 7.96. The number of anilines is 1. The average Bonchev–Trinajstić information content (AvgIpc) is 2.42. The molecule has 2 N–H and O–H groups in total. The monoisotopic (exact) mass is 308 g/mol. The van der Waals surface area contributed by atoms with Gasteiger partial charge < -0.3 is 15.4 Å². The molecule has 0 fully saturated rings. The van der Waals surface area contributed by atoms with E-state index in [1.165, 1.54) is 0 Å². The van der Waals surface area contributed by atoms with Gasteiger partial charge in [0.1, 0.15) is 0 Å². The van der Waals surface area contributed by atoms with Crippen LogP contribution in [-0.2, 0) is 4.74 Å². The van der Waals surface area contributed by atoms with Gasteiger partial charge in [-0.15, -0.1) is 0 Å². The summed E-state index contributed by atoms with van der Waals surface area (Å²) < 4.78 is 5.17. The molecule has 1 heterocycles. The summed E-state index contributed by atoms with van der Waals surface area (Å²) in [6.07, 6.45) is 1.33. The third-order valence-corrected chi connectivity index (χ3v) is 2.84. The number of hydrogen-bond donors (Lipinski definition) is 2. The lowest BCUT2D eigenvalue weighted by Gasteiger charge is -2.20. The molecule has 1 aromatic rings. The molecule has 1 rings (SSSR count). The summed E-state index contributed by atoms with van der Waals surface area (Å²) in [4.78, 5) is 20.3. The van der Waals surface area contributed by atoms with Gasteiger partial charge in [0.15, 0.2) is 0 Å². The zero-order valence-electron chi connectivity index (χ0n) is 14.4. The summed E-state index contributed by atoms with van der Waals surface area (Å²) >= 11 is 0. The summed E-state index contributed by atoms with van der Waals surface area (Å²) in [6.45, 7) is 13.0. The summed E-state index contributed by atoms with van der Waals surface area (Å²) in [5.41, 5.74) is 0.951. The number of ether oxygens (including phenoxy) is 1. The highest BCUT2D eigenvalue weighted by molar-refractivity contribution is 5.67. The van der Waals surface area contributed by atoms with E-state index in [0.29, 0.717) is 25.0 Å². The lowest BCUT2D eigenvalue weighted by molar-refractivity contribution is 0.104. The van der Waals surface area contributed by atoms with Crippen molar-refractivity contribution in [3.8, 4) is 0 Å². The first kappa shape index (κ1) is 18.2. The van der Waals surface area contributed by atoms with E-state index < -0.39 is 6.09 Å². The van der Waals surface area contributed by atoms with E-state index >= 15 is 0 Å². The van der Waals surface area contributed by atoms with Crippen molar-refractivity contribution in [2.75, 3.05) is 18.5 Å². The van der Waals surface area contributed by atoms with E-state index in [1.54, 1.807) is 6.20 Å². The maximum absolute atomic E-state index is 11.7. The topological polar surface area (TPSA) is 76.1 Å². The SMILES string of the molecule is CC(C)c1ccnc(NC[C@@H](C)NC(=O)OCC(C)(C)C)n1. The van der Waals surface area contributed by atoms with Gasteiger partial charge >= 0.3 is 6.09 Å². The van der Waals surface area contributed by atoms with E-state index in [2.05, 4.69) is 34.4 Å². The maximum Gasteiger partial charge on any atom is 0.407 e. The van der Waals surface area contributed by atoms with Crippen LogP contribution in [0.25, 0.3) is 0 Å². The molecule has 6 heteroatoms. The minimum absolute atomic E-state index is 0.0377. The molecule has 0 saturated carbocycles. The fraction of sp³-hybridized carbons (Fsp3) is 0.688. The van der Waals surface area contributed by atoms with Crippen molar-refractivity contribution in [1.82, 2.24) is 15.3 Å². The number of amides is 1. The van der Waals surface area contributed by atoms with E-state index in [4.69, 9.17) is 4.74 Å². The number of hydrogen-bond acceptors (Lipinski definition) is 5. The summed E-state index contributed by atoms with van der Waals surface area (Å²) in [5, 5.41) is 5.91. The van der Waals surface area contributed by atoms with Gasteiger partial charge in [0, 0.05) is 24.5 Å². The van der Waals surface area contributed by atoms with Gasteiger partial charge in [-0.3, -0.25) is 0 Å². The van der Waals surface area contributed by atoms with Crippen LogP contribution >= 0.6 is 0 Å². The largest absolute Gasteiger partial charge is 0.449 e. The summed E-state index contributed by atoms with van der Waals surface area (Å²) in [6, 6.07) is 1.82. The lowest BCUT2D eigenvalue weighted by Crippen LogP contribution is -2.39. The molecule has 1 atom stereocenters. The highest BCUT2D eigenvalue weighted by atomic mass is 16.5. The van der Waals surface area contributed by atoms with Gasteiger partial charge in [-0.1, -0.05) is 34.6 Å². The van der Waals surface area contributed by atoms with E-state index in [-0.39, 0.29) is 11.5 Å². The van der Waals surface area contributed by atoms with E-state index in [9.17, 15) is 4.79 Å². The van der Waals surface area contributed by atoms with Crippen LogP contribution in [0, 0.1) is 5.41 Å². The van der Waals surface area contributed by atoms with Crippen molar-refractivity contribution in [3.05, 3.63) is 18.0 Å². The van der Waals surface area contributed by atoms with Crippen LogP contribution in [0.4, 0.5) is 10.7 Å². The molecule has 0 aromatic carbocycles. The van der Waals surface area contributed by atoms with Gasteiger partial charge in [0.05, 0.1) is 6.61 Å². The van der Waals surface area contributed by atoms with Gasteiger partial charge in [-0.25, -0.2) is 14.8 Å². The first-order chi connectivity index (χ1) is 10.2. The van der Waals surface area contributed by atoms with Crippen LogP contribution in [-0.4, -0.2) is 35.3 Å². The average molecular weight is 308 g/mol. The molecule has 0 aliphatic carbocycles. The molecule has 22 heavy (non-hydrogen) atoms. The van der Waals surface area contributed by atoms with E-state index in [0.717, 1.165) is 5.69 Å². The molecule has 0 saturated heterocycles. The molecule has 0 aliphatic heterocycles. The third-order valence-electron chi connectivity index (χ3n) is 2.84. The molecule has 0 spiro atoms. The van der Waals surface area contributed by atoms with Crippen molar-refractivity contribution in [1.29, 1.82) is 0 Å². The molecule has 0 bridgehead atoms. The van der Waals surface area contributed by atoms with Crippen LogP contribution in [0.1, 0.15) is 53.2 Å². The zero-order valence-corrected chi connectivity index (χ0v) is 14.4. The Hall–Kier alpha value is -1.85. The summed E-state index contributed by atoms with van der Waals surface area (Å²) in [7, 11) is 0. The standard InChI is InChI=1S/C16H28N4O2/c1-11(2)13-7-8-17-14(20-13)18-9-12(3)19-15(21)22-10-16(4,5)6/h7-8,11-12H,9-10H2,1-6H3,(H,19,21)(H,17,18,20)/t12-/m1/s1. The second-order valence-corrected chi connectivity index (χ2v) is 7.02. The molecule has 6 nitrogen and oxygen atoms in total. The molecule has 1 amide bonds. The first-order valence-electron chi connectivity index (χ1n) is 7.67. The predicted molar refractivity (Wildman–Crippen MR) is 88.0 cm³/mol. The molecule has 0 aliphatic rings. The van der Waals surface area contributed by atoms with Crippen molar-refractivity contribution in [2.24, 2.45) is 5.41 Å². The molecule has 124 valence electrons. The Balaban J connectivity index is 2.38. The lowest BCUT2D eigenvalue weighted by atomic mass is 9.99. The maximum atomic E-state index is 11.7. The van der Waals surface area contributed by atoms with Crippen molar-refractivity contribution in [2.45, 2.75) is 53.5 Å². The van der Waals surface area contributed by atoms with Crippen LogP contribution in [0.3, 0.4) is 0 Å². The molecular weight excluding hydrogens is 280 g/mol. The van der Waals surface area contributed by atoms with Crippen LogP contribution in [0.5, 0.6) is 0 Å². The van der Waals surface area contributed by atoms with Crippen molar-refractivity contribution >= 4 is 12.0 Å². The highest BCUT2D eigenvalue weighted by Gasteiger charge is 2.15. The molecular formula is C16H28N4O2. The highest BCUT2D eigenvalue weighted by Crippen LogP contribution is 2.13. The fourth-order valence-corrected chi connectivity index (χ4v) is 1.60. The first-order valence-corrected chi connectivity index (χ1v) is 7.67. The Bertz CT molecular complexity index is 483. The van der Waals surface area contributed by atoms with Gasteiger partial charge in [0.25, 0.3) is 0 Å². The Morgan fingerprint density at radius 2 is 2.00 bits per heavy atom. The molecule has 1 aromatic heterocycles. The number of nitrogens with zero attached hydrogens (tertiary/aromatic N) is 2. The number of alkyl carbamates (subject to hydrolysis) is 1. The zero-order chi connectivity index (χ0) is 16.8. The number of aromatic nitrogens is 2. The minimum Gasteiger partial charge on any atom is -0.449 e. The molecule has 0 radical (unpaired) electrons. The smallest absolute Gasteiger partial charge is 0.407 e. The van der Waals surface area contributed by atoms with Crippen molar-refractivity contribution < 1.29 is 9.53 Å². The third kappa shape index (κ3) is 7.24. The minimum atomic E-state index is -0.402. The Morgan fingerprint density at radius 3 is 2.59 bits per heavy atom. The second-order valence-electron chi connectivity index (χ2n) is 7.02. The normalized spacial score (nSPS) is 12.9. The van der Waals surface area contributed by atoms with Gasteiger partial charge in [0.2, 0.25) is 5.95 Å². The Morgan fingerprint density at radius 1 is 1.32 bits per heavy atom. The number of rotatable bonds is 6. The molecule has 0 unspecified atom stereocenters. The quantitative estimate of drug-likeness (QED) is 0.844. The Kier molecular flexibility index (Phi) is 6.59. The van der Waals surface area contributed by atoms with E-state index in [1.807, 2.05) is 33.8 Å². The van der Waals surface area contributed by atoms with Crippen LogP contribution in [0.15, 0.2) is 12.3 Å². The van der Waals surface area contributed by atoms with Gasteiger partial charge in [-0.2, -0.15) is 0 Å². The fourth-order valence-electron chi connectivity index (χ4n) is 1.60. The van der Waals surface area contributed by atoms with Crippen LogP contribution in [0.2, 0.25) is 0 Å². The predicted octanol–water partition coefficient (Wildman–Crippen LogP) is 3.17. The van der Waals surface area contributed by atoms with Crippen LogP contribution < -0.4 is 10.6 Å². The number of carbonyl (C=O) groups is 1.